The van der Waals surface area contributed by atoms with Gasteiger partial charge >= 0.3 is 5.97 Å². The molecule has 16 heavy (non-hydrogen) atoms. The first-order valence-electron chi connectivity index (χ1n) is 5.10. The molecule has 0 spiro atoms. The Morgan fingerprint density at radius 3 is 2.94 bits per heavy atom. The maximum atomic E-state index is 11.3. The molecule has 86 valence electrons. The number of pyridine rings is 1. The van der Waals surface area contributed by atoms with Gasteiger partial charge in [-0.05, 0) is 46.7 Å². The Balaban J connectivity index is 2.18. The summed E-state index contributed by atoms with van der Waals surface area (Å²) in [6.07, 6.45) is 3.95. The van der Waals surface area contributed by atoms with Crippen molar-refractivity contribution in [3.63, 3.8) is 0 Å². The highest BCUT2D eigenvalue weighted by Crippen LogP contribution is 2.40. The molecule has 0 aromatic carbocycles. The van der Waals surface area contributed by atoms with E-state index in [1.807, 2.05) is 12.1 Å². The first-order valence-corrected chi connectivity index (χ1v) is 6.88. The first-order chi connectivity index (χ1) is 7.62. The fourth-order valence-electron chi connectivity index (χ4n) is 1.88. The van der Waals surface area contributed by atoms with Gasteiger partial charge in [0.1, 0.15) is 4.75 Å². The smallest absolute Gasteiger partial charge is 0.320 e. The fraction of sp³-hybridized carbons (Fsp3) is 0.455. The molecule has 1 fully saturated rings. The van der Waals surface area contributed by atoms with Crippen LogP contribution in [0.4, 0.5) is 0 Å². The molecule has 1 aromatic heterocycles. The third-order valence-corrected chi connectivity index (χ3v) is 4.79. The lowest BCUT2D eigenvalue weighted by Gasteiger charge is -2.22. The van der Waals surface area contributed by atoms with E-state index in [9.17, 15) is 9.90 Å². The van der Waals surface area contributed by atoms with Crippen LogP contribution in [0.15, 0.2) is 22.8 Å². The van der Waals surface area contributed by atoms with Crippen molar-refractivity contribution in [3.8, 4) is 0 Å². The van der Waals surface area contributed by atoms with Gasteiger partial charge in [-0.3, -0.25) is 9.78 Å². The summed E-state index contributed by atoms with van der Waals surface area (Å²) in [6, 6.07) is 3.78. The van der Waals surface area contributed by atoms with Gasteiger partial charge in [-0.2, -0.15) is 0 Å². The van der Waals surface area contributed by atoms with E-state index >= 15 is 0 Å². The monoisotopic (exact) mass is 301 g/mol. The topological polar surface area (TPSA) is 50.2 Å². The lowest BCUT2D eigenvalue weighted by Crippen LogP contribution is -2.35. The van der Waals surface area contributed by atoms with Crippen LogP contribution in [0, 0.1) is 0 Å². The van der Waals surface area contributed by atoms with Crippen LogP contribution >= 0.6 is 27.7 Å². The van der Waals surface area contributed by atoms with Gasteiger partial charge < -0.3 is 5.11 Å². The zero-order valence-electron chi connectivity index (χ0n) is 8.65. The highest BCUT2D eigenvalue weighted by Gasteiger charge is 2.42. The third kappa shape index (κ3) is 2.40. The van der Waals surface area contributed by atoms with Gasteiger partial charge in [0.2, 0.25) is 0 Å². The van der Waals surface area contributed by atoms with Gasteiger partial charge in [0, 0.05) is 22.8 Å². The number of carboxylic acids is 1. The van der Waals surface area contributed by atoms with Gasteiger partial charge in [0.25, 0.3) is 0 Å². The zero-order chi connectivity index (χ0) is 11.6. The van der Waals surface area contributed by atoms with Crippen LogP contribution in [-0.2, 0) is 11.2 Å². The van der Waals surface area contributed by atoms with Crippen molar-refractivity contribution in [1.82, 2.24) is 4.98 Å². The largest absolute Gasteiger partial charge is 0.480 e. The van der Waals surface area contributed by atoms with Gasteiger partial charge in [-0.15, -0.1) is 11.8 Å². The molecule has 0 amide bonds. The maximum absolute atomic E-state index is 11.3. The Labute approximate surface area is 107 Å². The summed E-state index contributed by atoms with van der Waals surface area (Å²) >= 11 is 4.86. The number of thioether (sulfide) groups is 1. The van der Waals surface area contributed by atoms with E-state index in [-0.39, 0.29) is 0 Å². The number of aromatic nitrogens is 1. The SMILES string of the molecule is O=C(O)C1(Cc2ccc(Br)cn2)CCCS1. The van der Waals surface area contributed by atoms with E-state index in [2.05, 4.69) is 20.9 Å². The number of rotatable bonds is 3. The minimum absolute atomic E-state index is 0.514. The Bertz CT molecular complexity index is 387. The number of carboxylic acid groups (broad SMARTS) is 1. The van der Waals surface area contributed by atoms with Crippen LogP contribution in [0.25, 0.3) is 0 Å². The summed E-state index contributed by atoms with van der Waals surface area (Å²) in [4.78, 5) is 15.6. The molecule has 0 saturated carbocycles. The summed E-state index contributed by atoms with van der Waals surface area (Å²) in [7, 11) is 0. The number of nitrogens with zero attached hydrogens (tertiary/aromatic N) is 1. The van der Waals surface area contributed by atoms with E-state index in [1.165, 1.54) is 0 Å². The van der Waals surface area contributed by atoms with Crippen LogP contribution in [0.5, 0.6) is 0 Å². The molecule has 1 atom stereocenters. The molecule has 3 nitrogen and oxygen atoms in total. The summed E-state index contributed by atoms with van der Waals surface area (Å²) < 4.78 is 0.264. The fourth-order valence-corrected chi connectivity index (χ4v) is 3.46. The van der Waals surface area contributed by atoms with E-state index < -0.39 is 10.7 Å². The molecule has 0 bridgehead atoms. The lowest BCUT2D eigenvalue weighted by molar-refractivity contribution is -0.139. The van der Waals surface area contributed by atoms with Crippen LogP contribution in [0.3, 0.4) is 0 Å². The molecule has 1 unspecified atom stereocenters. The molecule has 5 heteroatoms. The second-order valence-electron chi connectivity index (χ2n) is 3.90. The normalized spacial score (nSPS) is 24.6. The van der Waals surface area contributed by atoms with E-state index in [0.717, 1.165) is 28.8 Å². The van der Waals surface area contributed by atoms with Crippen molar-refractivity contribution >= 4 is 33.7 Å². The second kappa shape index (κ2) is 4.75. The van der Waals surface area contributed by atoms with Crippen molar-refractivity contribution in [2.75, 3.05) is 5.75 Å². The average Bonchev–Trinajstić information content (AvgIpc) is 2.71. The molecule has 1 aliphatic rings. The van der Waals surface area contributed by atoms with Crippen LogP contribution in [0.1, 0.15) is 18.5 Å². The number of hydrogen-bond acceptors (Lipinski definition) is 3. The van der Waals surface area contributed by atoms with E-state index in [1.54, 1.807) is 18.0 Å². The molecule has 2 heterocycles. The minimum Gasteiger partial charge on any atom is -0.480 e. The highest BCUT2D eigenvalue weighted by atomic mass is 79.9. The predicted octanol–water partition coefficient (Wildman–Crippen LogP) is 2.74. The van der Waals surface area contributed by atoms with Crippen molar-refractivity contribution in [3.05, 3.63) is 28.5 Å². The molecular weight excluding hydrogens is 290 g/mol. The minimum atomic E-state index is -0.709. The molecule has 1 aromatic rings. The summed E-state index contributed by atoms with van der Waals surface area (Å²) in [5.74, 6) is 0.225. The van der Waals surface area contributed by atoms with Gasteiger partial charge in [-0.25, -0.2) is 0 Å². The molecule has 1 aliphatic heterocycles. The Morgan fingerprint density at radius 2 is 2.44 bits per heavy atom. The van der Waals surface area contributed by atoms with E-state index in [0.29, 0.717) is 6.42 Å². The van der Waals surface area contributed by atoms with Gasteiger partial charge in [0.05, 0.1) is 0 Å². The molecular formula is C11H12BrNO2S. The number of halogens is 1. The van der Waals surface area contributed by atoms with Crippen molar-refractivity contribution in [1.29, 1.82) is 0 Å². The Morgan fingerprint density at radius 1 is 1.62 bits per heavy atom. The first kappa shape index (κ1) is 11.9. The van der Waals surface area contributed by atoms with Crippen molar-refractivity contribution in [2.45, 2.75) is 24.0 Å². The van der Waals surface area contributed by atoms with E-state index in [4.69, 9.17) is 0 Å². The standard InChI is InChI=1S/C11H12BrNO2S/c12-8-2-3-9(13-7-8)6-11(10(14)15)4-1-5-16-11/h2-3,7H,1,4-6H2,(H,14,15). The van der Waals surface area contributed by atoms with Crippen LogP contribution in [0.2, 0.25) is 0 Å². The summed E-state index contributed by atoms with van der Waals surface area (Å²) in [6.45, 7) is 0. The second-order valence-corrected chi connectivity index (χ2v) is 6.29. The molecule has 0 aliphatic carbocycles. The van der Waals surface area contributed by atoms with Gasteiger partial charge in [-0.1, -0.05) is 0 Å². The third-order valence-electron chi connectivity index (χ3n) is 2.75. The van der Waals surface area contributed by atoms with Gasteiger partial charge in [0.15, 0.2) is 0 Å². The number of aliphatic carboxylic acids is 1. The summed E-state index contributed by atoms with van der Waals surface area (Å²) in [5, 5.41) is 9.32. The highest BCUT2D eigenvalue weighted by molar-refractivity contribution is 9.10. The Kier molecular flexibility index (Phi) is 3.54. The van der Waals surface area contributed by atoms with Crippen molar-refractivity contribution in [2.24, 2.45) is 0 Å². The van der Waals surface area contributed by atoms with Crippen molar-refractivity contribution < 1.29 is 9.90 Å². The molecule has 1 saturated heterocycles. The Hall–Kier alpha value is -0.550. The summed E-state index contributed by atoms with van der Waals surface area (Å²) in [5.41, 5.74) is 0.847. The predicted molar refractivity (Wildman–Crippen MR) is 67.7 cm³/mol. The molecule has 0 radical (unpaired) electrons. The van der Waals surface area contributed by atoms with Crippen LogP contribution < -0.4 is 0 Å². The molecule has 2 rings (SSSR count). The number of hydrogen-bond donors (Lipinski definition) is 1. The quantitative estimate of drug-likeness (QED) is 0.933. The molecule has 1 N–H and O–H groups in total. The lowest BCUT2D eigenvalue weighted by atomic mass is 9.97. The maximum Gasteiger partial charge on any atom is 0.320 e. The van der Waals surface area contributed by atoms with Crippen LogP contribution in [-0.4, -0.2) is 26.6 Å². The average molecular weight is 302 g/mol. The zero-order valence-corrected chi connectivity index (χ0v) is 11.1. The number of carbonyl (C=O) groups is 1.